The Balaban J connectivity index is 1.68. The summed E-state index contributed by atoms with van der Waals surface area (Å²) in [6.07, 6.45) is 7.57. The number of hydrogen-bond acceptors (Lipinski definition) is 5. The van der Waals surface area contributed by atoms with Crippen LogP contribution < -0.4 is 0 Å². The lowest BCUT2D eigenvalue weighted by atomic mass is 9.97. The molecule has 24 heavy (non-hydrogen) atoms. The summed E-state index contributed by atoms with van der Waals surface area (Å²) in [5.74, 6) is 3.21. The van der Waals surface area contributed by atoms with Crippen LogP contribution in [0.15, 0.2) is 12.5 Å². The van der Waals surface area contributed by atoms with Gasteiger partial charge in [-0.3, -0.25) is 9.78 Å². The van der Waals surface area contributed by atoms with E-state index >= 15 is 0 Å². The topological polar surface area (TPSA) is 90.1 Å². The minimum atomic E-state index is 0.340. The number of aromatic nitrogens is 8. The molecule has 0 aromatic carbocycles. The average molecular weight is 326 g/mol. The third kappa shape index (κ3) is 2.61. The molecule has 126 valence electrons. The van der Waals surface area contributed by atoms with Gasteiger partial charge in [-0.25, -0.2) is 14.6 Å². The van der Waals surface area contributed by atoms with Gasteiger partial charge in [-0.05, 0) is 19.8 Å². The first-order valence-corrected chi connectivity index (χ1v) is 8.58. The second kappa shape index (κ2) is 6.18. The minimum absolute atomic E-state index is 0.340. The van der Waals surface area contributed by atoms with Crippen LogP contribution in [0.3, 0.4) is 0 Å². The van der Waals surface area contributed by atoms with E-state index in [1.807, 2.05) is 11.6 Å². The molecule has 1 N–H and O–H groups in total. The molecule has 0 spiro atoms. The Labute approximate surface area is 140 Å². The number of aryl methyl sites for hydroxylation is 3. The normalized spacial score (nSPS) is 17.2. The molecule has 0 aliphatic carbocycles. The van der Waals surface area contributed by atoms with E-state index in [2.05, 4.69) is 31.9 Å². The van der Waals surface area contributed by atoms with Crippen LogP contribution in [-0.4, -0.2) is 39.7 Å². The Morgan fingerprint density at radius 2 is 2.29 bits per heavy atom. The van der Waals surface area contributed by atoms with Gasteiger partial charge in [0.2, 0.25) is 0 Å². The van der Waals surface area contributed by atoms with E-state index in [4.69, 9.17) is 10.1 Å². The smallest absolute Gasteiger partial charge is 0.184 e. The molecule has 0 saturated carbocycles. The lowest BCUT2D eigenvalue weighted by Gasteiger charge is -2.21. The fraction of sp³-hybridized carbons (Fsp3) is 0.562. The Hall–Kier alpha value is -2.51. The van der Waals surface area contributed by atoms with Crippen molar-refractivity contribution >= 4 is 0 Å². The van der Waals surface area contributed by atoms with Gasteiger partial charge < -0.3 is 0 Å². The molecule has 4 heterocycles. The summed E-state index contributed by atoms with van der Waals surface area (Å²) in [6, 6.07) is 0. The van der Waals surface area contributed by atoms with Crippen molar-refractivity contribution in [3.8, 4) is 11.4 Å². The lowest BCUT2D eigenvalue weighted by molar-refractivity contribution is 0.402. The van der Waals surface area contributed by atoms with Gasteiger partial charge in [0, 0.05) is 31.1 Å². The highest BCUT2D eigenvalue weighted by Crippen LogP contribution is 2.29. The molecule has 8 nitrogen and oxygen atoms in total. The van der Waals surface area contributed by atoms with Crippen LogP contribution in [0.2, 0.25) is 0 Å². The maximum absolute atomic E-state index is 4.88. The quantitative estimate of drug-likeness (QED) is 0.775. The highest BCUT2D eigenvalue weighted by Gasteiger charge is 2.27. The van der Waals surface area contributed by atoms with Crippen molar-refractivity contribution in [1.29, 1.82) is 0 Å². The molecule has 4 rings (SSSR count). The van der Waals surface area contributed by atoms with Crippen molar-refractivity contribution in [3.05, 3.63) is 29.9 Å². The zero-order valence-electron chi connectivity index (χ0n) is 14.1. The van der Waals surface area contributed by atoms with Crippen LogP contribution >= 0.6 is 0 Å². The maximum atomic E-state index is 4.88. The van der Waals surface area contributed by atoms with E-state index in [-0.39, 0.29) is 0 Å². The molecule has 1 unspecified atom stereocenters. The van der Waals surface area contributed by atoms with Crippen molar-refractivity contribution in [3.63, 3.8) is 0 Å². The Bertz CT molecular complexity index is 827. The third-order valence-corrected chi connectivity index (χ3v) is 4.67. The first-order chi connectivity index (χ1) is 11.8. The molecule has 0 fully saturated rings. The first kappa shape index (κ1) is 15.0. The second-order valence-electron chi connectivity index (χ2n) is 6.37. The summed E-state index contributed by atoms with van der Waals surface area (Å²) < 4.78 is 4.08. The van der Waals surface area contributed by atoms with E-state index in [0.29, 0.717) is 5.92 Å². The molecule has 8 heteroatoms. The van der Waals surface area contributed by atoms with Crippen LogP contribution in [0, 0.1) is 6.92 Å². The Kier molecular flexibility index (Phi) is 3.87. The molecule has 0 radical (unpaired) electrons. The Morgan fingerprint density at radius 1 is 1.38 bits per heavy atom. The maximum Gasteiger partial charge on any atom is 0.184 e. The molecule has 1 aliphatic rings. The summed E-state index contributed by atoms with van der Waals surface area (Å²) in [5, 5.41) is 16.1. The van der Waals surface area contributed by atoms with Crippen molar-refractivity contribution in [2.45, 2.75) is 58.5 Å². The molecule has 0 amide bonds. The standard InChI is InChI=1S/C16H22N8/c1-3-4-6-24-16(12-5-7-23-14(8-12)17-10-19-23)20-15(22-24)13-9-18-21-11(13)2/h9-10,12H,3-8H2,1-2H3,(H,18,21). The molecule has 1 aliphatic heterocycles. The lowest BCUT2D eigenvalue weighted by Crippen LogP contribution is -2.22. The Morgan fingerprint density at radius 3 is 3.08 bits per heavy atom. The van der Waals surface area contributed by atoms with E-state index < -0.39 is 0 Å². The third-order valence-electron chi connectivity index (χ3n) is 4.67. The van der Waals surface area contributed by atoms with Crippen LogP contribution in [0.4, 0.5) is 0 Å². The van der Waals surface area contributed by atoms with Gasteiger partial charge in [-0.15, -0.1) is 0 Å². The number of unbranched alkanes of at least 4 members (excludes halogenated alkanes) is 1. The van der Waals surface area contributed by atoms with Crippen molar-refractivity contribution in [1.82, 2.24) is 39.7 Å². The number of nitrogens with one attached hydrogen (secondary N) is 1. The molecular weight excluding hydrogens is 304 g/mol. The number of aromatic amines is 1. The van der Waals surface area contributed by atoms with Gasteiger partial charge in [-0.1, -0.05) is 13.3 Å². The van der Waals surface area contributed by atoms with E-state index in [9.17, 15) is 0 Å². The van der Waals surface area contributed by atoms with Crippen LogP contribution in [0.5, 0.6) is 0 Å². The van der Waals surface area contributed by atoms with Gasteiger partial charge in [0.05, 0.1) is 11.8 Å². The van der Waals surface area contributed by atoms with Gasteiger partial charge in [0.25, 0.3) is 0 Å². The van der Waals surface area contributed by atoms with E-state index in [1.165, 1.54) is 0 Å². The van der Waals surface area contributed by atoms with E-state index in [1.54, 1.807) is 12.5 Å². The van der Waals surface area contributed by atoms with Gasteiger partial charge in [0.15, 0.2) is 5.82 Å². The fourth-order valence-corrected chi connectivity index (χ4v) is 3.27. The van der Waals surface area contributed by atoms with Crippen molar-refractivity contribution < 1.29 is 0 Å². The molecule has 3 aromatic heterocycles. The van der Waals surface area contributed by atoms with Crippen molar-refractivity contribution in [2.75, 3.05) is 0 Å². The highest BCUT2D eigenvalue weighted by molar-refractivity contribution is 5.56. The number of H-pyrrole nitrogens is 1. The molecule has 3 aromatic rings. The predicted octanol–water partition coefficient (Wildman–Crippen LogP) is 2.10. The summed E-state index contributed by atoms with van der Waals surface area (Å²) in [6.45, 7) is 5.98. The summed E-state index contributed by atoms with van der Waals surface area (Å²) >= 11 is 0. The number of rotatable bonds is 5. The summed E-state index contributed by atoms with van der Waals surface area (Å²) in [7, 11) is 0. The SMILES string of the molecule is CCCCn1nc(-c2cn[nH]c2C)nc1C1CCn2ncnc2C1. The largest absolute Gasteiger partial charge is 0.282 e. The van der Waals surface area contributed by atoms with E-state index in [0.717, 1.165) is 67.5 Å². The zero-order valence-corrected chi connectivity index (χ0v) is 14.1. The monoisotopic (exact) mass is 326 g/mol. The van der Waals surface area contributed by atoms with Crippen LogP contribution in [-0.2, 0) is 19.5 Å². The van der Waals surface area contributed by atoms with Crippen molar-refractivity contribution in [2.24, 2.45) is 0 Å². The van der Waals surface area contributed by atoms with Gasteiger partial charge in [0.1, 0.15) is 18.0 Å². The molecular formula is C16H22N8. The van der Waals surface area contributed by atoms with Gasteiger partial charge >= 0.3 is 0 Å². The minimum Gasteiger partial charge on any atom is -0.282 e. The number of hydrogen-bond donors (Lipinski definition) is 1. The second-order valence-corrected chi connectivity index (χ2v) is 6.37. The first-order valence-electron chi connectivity index (χ1n) is 8.58. The number of nitrogens with zero attached hydrogens (tertiary/aromatic N) is 7. The average Bonchev–Trinajstić information content (AvgIpc) is 3.30. The summed E-state index contributed by atoms with van der Waals surface area (Å²) in [4.78, 5) is 9.26. The predicted molar refractivity (Wildman–Crippen MR) is 88.3 cm³/mol. The molecule has 1 atom stereocenters. The fourth-order valence-electron chi connectivity index (χ4n) is 3.27. The van der Waals surface area contributed by atoms with Crippen LogP contribution in [0.25, 0.3) is 11.4 Å². The van der Waals surface area contributed by atoms with Crippen LogP contribution in [0.1, 0.15) is 49.4 Å². The zero-order chi connectivity index (χ0) is 16.5. The van der Waals surface area contributed by atoms with Gasteiger partial charge in [-0.2, -0.15) is 15.3 Å². The molecule has 0 bridgehead atoms. The summed E-state index contributed by atoms with van der Waals surface area (Å²) in [5.41, 5.74) is 1.98. The molecule has 0 saturated heterocycles. The highest BCUT2D eigenvalue weighted by atomic mass is 15.4. The number of fused-ring (bicyclic) bond motifs is 1.